The minimum Gasteiger partial charge on any atom is -0.497 e. The van der Waals surface area contributed by atoms with Crippen molar-refractivity contribution in [2.75, 3.05) is 26.9 Å². The lowest BCUT2D eigenvalue weighted by atomic mass is 10.2. The Kier molecular flexibility index (Phi) is 6.43. The molecule has 1 aromatic carbocycles. The smallest absolute Gasteiger partial charge is 0.244 e. The third kappa shape index (κ3) is 5.50. The monoisotopic (exact) mass is 305 g/mol. The highest BCUT2D eigenvalue weighted by Gasteiger charge is 2.17. The first-order valence-corrected chi connectivity index (χ1v) is 7.49. The van der Waals surface area contributed by atoms with E-state index in [9.17, 15) is 4.79 Å². The normalized spacial score (nSPS) is 19.3. The second-order valence-electron chi connectivity index (χ2n) is 5.34. The Labute approximate surface area is 131 Å². The fourth-order valence-corrected chi connectivity index (χ4v) is 2.17. The van der Waals surface area contributed by atoms with E-state index in [1.54, 1.807) is 13.2 Å². The van der Waals surface area contributed by atoms with Gasteiger partial charge in [-0.05, 0) is 37.1 Å². The number of benzene rings is 1. The number of hydrogen-bond donors (Lipinski definition) is 1. The molecule has 0 aromatic heterocycles. The topological polar surface area (TPSA) is 56.8 Å². The molecular formula is C17H23NO4. The Morgan fingerprint density at radius 1 is 1.55 bits per heavy atom. The molecule has 1 fully saturated rings. The number of amides is 1. The van der Waals surface area contributed by atoms with Crippen LogP contribution in [0.2, 0.25) is 0 Å². The molecule has 1 aliphatic rings. The van der Waals surface area contributed by atoms with Crippen LogP contribution in [0.15, 0.2) is 30.3 Å². The molecule has 120 valence electrons. The Balaban J connectivity index is 1.74. The maximum atomic E-state index is 11.9. The fourth-order valence-electron chi connectivity index (χ4n) is 2.17. The maximum Gasteiger partial charge on any atom is 0.244 e. The van der Waals surface area contributed by atoms with Crippen molar-refractivity contribution >= 4 is 12.0 Å². The van der Waals surface area contributed by atoms with Gasteiger partial charge in [-0.15, -0.1) is 0 Å². The molecule has 0 spiro atoms. The molecule has 1 saturated heterocycles. The summed E-state index contributed by atoms with van der Waals surface area (Å²) in [5.41, 5.74) is 0.918. The summed E-state index contributed by atoms with van der Waals surface area (Å²) in [4.78, 5) is 11.9. The average Bonchev–Trinajstić information content (AvgIpc) is 3.04. The molecule has 2 unspecified atom stereocenters. The molecule has 5 heteroatoms. The van der Waals surface area contributed by atoms with Crippen molar-refractivity contribution in [2.45, 2.75) is 25.5 Å². The highest BCUT2D eigenvalue weighted by atomic mass is 16.5. The Morgan fingerprint density at radius 2 is 2.41 bits per heavy atom. The molecule has 0 saturated carbocycles. The average molecular weight is 305 g/mol. The first kappa shape index (κ1) is 16.5. The SMILES string of the molecule is COc1cccc(/C=C/C(=O)NC(C)COC2CCOC2)c1. The van der Waals surface area contributed by atoms with Gasteiger partial charge in [0.25, 0.3) is 0 Å². The largest absolute Gasteiger partial charge is 0.497 e. The fraction of sp³-hybridized carbons (Fsp3) is 0.471. The highest BCUT2D eigenvalue weighted by molar-refractivity contribution is 5.91. The van der Waals surface area contributed by atoms with Gasteiger partial charge in [0.15, 0.2) is 0 Å². The number of ether oxygens (including phenoxy) is 3. The van der Waals surface area contributed by atoms with Crippen LogP contribution >= 0.6 is 0 Å². The van der Waals surface area contributed by atoms with Gasteiger partial charge in [0.1, 0.15) is 5.75 Å². The summed E-state index contributed by atoms with van der Waals surface area (Å²) in [5.74, 6) is 0.629. The van der Waals surface area contributed by atoms with E-state index in [0.717, 1.165) is 24.3 Å². The van der Waals surface area contributed by atoms with Gasteiger partial charge in [0.05, 0.1) is 26.4 Å². The number of hydrogen-bond acceptors (Lipinski definition) is 4. The van der Waals surface area contributed by atoms with Gasteiger partial charge in [0.2, 0.25) is 5.91 Å². The van der Waals surface area contributed by atoms with Gasteiger partial charge in [-0.25, -0.2) is 0 Å². The Bertz CT molecular complexity index is 509. The molecule has 1 N–H and O–H groups in total. The minimum absolute atomic E-state index is 0.0388. The highest BCUT2D eigenvalue weighted by Crippen LogP contribution is 2.13. The predicted octanol–water partition coefficient (Wildman–Crippen LogP) is 2.02. The van der Waals surface area contributed by atoms with Crippen molar-refractivity contribution < 1.29 is 19.0 Å². The molecule has 1 amide bonds. The molecule has 1 aromatic rings. The molecule has 5 nitrogen and oxygen atoms in total. The molecule has 1 heterocycles. The van der Waals surface area contributed by atoms with Crippen LogP contribution in [0.4, 0.5) is 0 Å². The van der Waals surface area contributed by atoms with Crippen molar-refractivity contribution in [1.82, 2.24) is 5.32 Å². The van der Waals surface area contributed by atoms with Crippen LogP contribution in [0.25, 0.3) is 6.08 Å². The van der Waals surface area contributed by atoms with Gasteiger partial charge in [-0.2, -0.15) is 0 Å². The van der Waals surface area contributed by atoms with E-state index in [2.05, 4.69) is 5.32 Å². The Morgan fingerprint density at radius 3 is 3.14 bits per heavy atom. The zero-order valence-corrected chi connectivity index (χ0v) is 13.1. The van der Waals surface area contributed by atoms with Gasteiger partial charge < -0.3 is 19.5 Å². The molecule has 22 heavy (non-hydrogen) atoms. The Hall–Kier alpha value is -1.85. The number of rotatable bonds is 7. The van der Waals surface area contributed by atoms with Crippen molar-refractivity contribution in [3.63, 3.8) is 0 Å². The van der Waals surface area contributed by atoms with E-state index in [1.807, 2.05) is 31.2 Å². The predicted molar refractivity (Wildman–Crippen MR) is 84.8 cm³/mol. The first-order valence-electron chi connectivity index (χ1n) is 7.49. The van der Waals surface area contributed by atoms with Gasteiger partial charge in [-0.1, -0.05) is 12.1 Å². The molecule has 2 rings (SSSR count). The number of nitrogens with one attached hydrogen (secondary N) is 1. The summed E-state index contributed by atoms with van der Waals surface area (Å²) in [7, 11) is 1.62. The van der Waals surface area contributed by atoms with E-state index in [-0.39, 0.29) is 18.1 Å². The summed E-state index contributed by atoms with van der Waals surface area (Å²) in [6, 6.07) is 7.50. The lowest BCUT2D eigenvalue weighted by Crippen LogP contribution is -2.36. The van der Waals surface area contributed by atoms with Crippen LogP contribution in [-0.4, -0.2) is 45.0 Å². The van der Waals surface area contributed by atoms with Crippen molar-refractivity contribution in [3.8, 4) is 5.75 Å². The molecule has 0 radical (unpaired) electrons. The number of carbonyl (C=O) groups is 1. The zero-order valence-electron chi connectivity index (χ0n) is 13.1. The van der Waals surface area contributed by atoms with Crippen molar-refractivity contribution in [2.24, 2.45) is 0 Å². The van der Waals surface area contributed by atoms with Gasteiger partial charge >= 0.3 is 0 Å². The molecular weight excluding hydrogens is 282 g/mol. The standard InChI is InChI=1S/C17H23NO4/c1-13(11-22-16-8-9-21-12-16)18-17(19)7-6-14-4-3-5-15(10-14)20-2/h3-7,10,13,16H,8-9,11-12H2,1-2H3,(H,18,19)/b7-6+. The van der Waals surface area contributed by atoms with Crippen LogP contribution in [0.1, 0.15) is 18.9 Å². The summed E-state index contributed by atoms with van der Waals surface area (Å²) < 4.78 is 16.1. The maximum absolute atomic E-state index is 11.9. The summed E-state index contributed by atoms with van der Waals surface area (Å²) >= 11 is 0. The van der Waals surface area contributed by atoms with Crippen molar-refractivity contribution in [3.05, 3.63) is 35.9 Å². The third-order valence-electron chi connectivity index (χ3n) is 3.38. The van der Waals surface area contributed by atoms with E-state index in [4.69, 9.17) is 14.2 Å². The molecule has 2 atom stereocenters. The van der Waals surface area contributed by atoms with Crippen LogP contribution < -0.4 is 10.1 Å². The van der Waals surface area contributed by atoms with Gasteiger partial charge in [0, 0.05) is 18.7 Å². The molecule has 0 aliphatic carbocycles. The second-order valence-corrected chi connectivity index (χ2v) is 5.34. The number of carbonyl (C=O) groups excluding carboxylic acids is 1. The van der Waals surface area contributed by atoms with Crippen LogP contribution in [0.3, 0.4) is 0 Å². The number of methoxy groups -OCH3 is 1. The summed E-state index contributed by atoms with van der Waals surface area (Å²) in [6.07, 6.45) is 4.36. The van der Waals surface area contributed by atoms with E-state index < -0.39 is 0 Å². The van der Waals surface area contributed by atoms with E-state index >= 15 is 0 Å². The minimum atomic E-state index is -0.137. The van der Waals surface area contributed by atoms with Gasteiger partial charge in [-0.3, -0.25) is 4.79 Å². The summed E-state index contributed by atoms with van der Waals surface area (Å²) in [6.45, 7) is 3.82. The van der Waals surface area contributed by atoms with E-state index in [0.29, 0.717) is 13.2 Å². The lowest BCUT2D eigenvalue weighted by Gasteiger charge is -2.16. The third-order valence-corrected chi connectivity index (χ3v) is 3.38. The zero-order chi connectivity index (χ0) is 15.8. The second kappa shape index (κ2) is 8.56. The quantitative estimate of drug-likeness (QED) is 0.783. The van der Waals surface area contributed by atoms with Crippen LogP contribution in [-0.2, 0) is 14.3 Å². The lowest BCUT2D eigenvalue weighted by molar-refractivity contribution is -0.117. The molecule has 1 aliphatic heterocycles. The first-order chi connectivity index (χ1) is 10.7. The van der Waals surface area contributed by atoms with Crippen molar-refractivity contribution in [1.29, 1.82) is 0 Å². The van der Waals surface area contributed by atoms with Crippen LogP contribution in [0.5, 0.6) is 5.75 Å². The van der Waals surface area contributed by atoms with Crippen LogP contribution in [0, 0.1) is 0 Å². The summed E-state index contributed by atoms with van der Waals surface area (Å²) in [5, 5.41) is 2.88. The van der Waals surface area contributed by atoms with E-state index in [1.165, 1.54) is 6.08 Å². The molecule has 0 bridgehead atoms.